The van der Waals surface area contributed by atoms with Gasteiger partial charge in [-0.05, 0) is 23.8 Å². The summed E-state index contributed by atoms with van der Waals surface area (Å²) in [5.41, 5.74) is 2.58. The van der Waals surface area contributed by atoms with Crippen molar-refractivity contribution in [3.8, 4) is 0 Å². The van der Waals surface area contributed by atoms with Gasteiger partial charge in [0.25, 0.3) is 5.91 Å². The molecule has 1 aliphatic heterocycles. The molecule has 27 heavy (non-hydrogen) atoms. The van der Waals surface area contributed by atoms with Gasteiger partial charge < -0.3 is 15.0 Å². The van der Waals surface area contributed by atoms with Crippen LogP contribution in [0, 0.1) is 0 Å². The molecule has 2 aromatic carbocycles. The van der Waals surface area contributed by atoms with E-state index in [0.29, 0.717) is 17.8 Å². The van der Waals surface area contributed by atoms with Crippen LogP contribution in [0.3, 0.4) is 0 Å². The number of carboxylic acids is 1. The first kappa shape index (κ1) is 17.1. The number of carbonyl (C=O) groups excluding carboxylic acids is 1. The summed E-state index contributed by atoms with van der Waals surface area (Å²) in [6.45, 7) is 4.46. The van der Waals surface area contributed by atoms with Gasteiger partial charge in [0.2, 0.25) is 0 Å². The predicted molar refractivity (Wildman–Crippen MR) is 104 cm³/mol. The van der Waals surface area contributed by atoms with Gasteiger partial charge in [-0.2, -0.15) is 0 Å². The van der Waals surface area contributed by atoms with Gasteiger partial charge in [-0.15, -0.1) is 0 Å². The van der Waals surface area contributed by atoms with E-state index in [2.05, 4.69) is 4.98 Å². The van der Waals surface area contributed by atoms with E-state index in [1.807, 2.05) is 44.2 Å². The fourth-order valence-electron chi connectivity index (χ4n) is 3.86. The third kappa shape index (κ3) is 2.81. The van der Waals surface area contributed by atoms with E-state index in [-0.39, 0.29) is 11.5 Å². The number of carboxylic acid groups (broad SMARTS) is 1. The van der Waals surface area contributed by atoms with Crippen molar-refractivity contribution in [1.29, 1.82) is 0 Å². The Balaban J connectivity index is 1.91. The summed E-state index contributed by atoms with van der Waals surface area (Å²) in [5, 5.41) is 10.8. The van der Waals surface area contributed by atoms with Crippen molar-refractivity contribution in [3.63, 3.8) is 0 Å². The maximum atomic E-state index is 13.0. The number of hydrogen-bond donors (Lipinski definition) is 2. The van der Waals surface area contributed by atoms with Gasteiger partial charge in [-0.3, -0.25) is 4.79 Å². The molecular formula is C22H20N2O3. The van der Waals surface area contributed by atoms with E-state index in [4.69, 9.17) is 0 Å². The summed E-state index contributed by atoms with van der Waals surface area (Å²) in [5.74, 6) is -1.27. The molecule has 5 heteroatoms. The van der Waals surface area contributed by atoms with Crippen molar-refractivity contribution in [1.82, 2.24) is 9.88 Å². The third-order valence-electron chi connectivity index (χ3n) is 5.01. The Labute approximate surface area is 156 Å². The molecule has 0 saturated heterocycles. The van der Waals surface area contributed by atoms with Crippen LogP contribution in [0.15, 0.2) is 60.8 Å². The molecule has 0 spiro atoms. The number of fused-ring (bicyclic) bond motifs is 3. The molecule has 1 aromatic heterocycles. The molecule has 5 nitrogen and oxygen atoms in total. The highest BCUT2D eigenvalue weighted by Gasteiger charge is 2.36. The first-order valence-electron chi connectivity index (χ1n) is 8.81. The number of H-pyrrole nitrogens is 1. The number of hydrogen-bond acceptors (Lipinski definition) is 2. The topological polar surface area (TPSA) is 73.4 Å². The number of carbonyl (C=O) groups is 2. The quantitative estimate of drug-likeness (QED) is 0.725. The van der Waals surface area contributed by atoms with Crippen molar-refractivity contribution in [2.24, 2.45) is 0 Å². The lowest BCUT2D eigenvalue weighted by Crippen LogP contribution is -2.36. The van der Waals surface area contributed by atoms with Crippen LogP contribution in [0.4, 0.5) is 0 Å². The second kappa shape index (κ2) is 6.13. The smallest absolute Gasteiger partial charge is 0.339 e. The summed E-state index contributed by atoms with van der Waals surface area (Å²) >= 11 is 0. The Morgan fingerprint density at radius 1 is 1.04 bits per heavy atom. The number of nitrogens with one attached hydrogen (secondary N) is 1. The van der Waals surface area contributed by atoms with Crippen LogP contribution in [0.1, 0.15) is 35.5 Å². The Hall–Kier alpha value is -3.34. The summed E-state index contributed by atoms with van der Waals surface area (Å²) in [6, 6.07) is 16.7. The van der Waals surface area contributed by atoms with Gasteiger partial charge >= 0.3 is 5.97 Å². The molecule has 1 aliphatic rings. The minimum Gasteiger partial charge on any atom is -0.478 e. The van der Waals surface area contributed by atoms with E-state index in [9.17, 15) is 14.7 Å². The summed E-state index contributed by atoms with van der Waals surface area (Å²) < 4.78 is 0. The first-order chi connectivity index (χ1) is 12.9. The van der Waals surface area contributed by atoms with Crippen molar-refractivity contribution >= 4 is 28.4 Å². The lowest BCUT2D eigenvalue weighted by molar-refractivity contribution is -0.130. The molecule has 1 amide bonds. The number of amides is 1. The standard InChI is InChI=1S/C22H20N2O3/c1-22(2)13-24(20(25)14-8-4-3-5-9-14)12-16(21(26)27)19-18(22)15-10-6-7-11-17(15)23-19/h3-12,23H,13H2,1-2H3,(H,26,27). The van der Waals surface area contributed by atoms with E-state index in [1.165, 1.54) is 11.1 Å². The van der Waals surface area contributed by atoms with Crippen molar-refractivity contribution < 1.29 is 14.7 Å². The molecule has 0 radical (unpaired) electrons. The largest absolute Gasteiger partial charge is 0.478 e. The summed E-state index contributed by atoms with van der Waals surface area (Å²) in [7, 11) is 0. The van der Waals surface area contributed by atoms with Crippen LogP contribution in [-0.2, 0) is 10.2 Å². The minimum absolute atomic E-state index is 0.0936. The molecule has 0 unspecified atom stereocenters. The third-order valence-corrected chi connectivity index (χ3v) is 5.01. The highest BCUT2D eigenvalue weighted by Crippen LogP contribution is 2.40. The Kier molecular flexibility index (Phi) is 3.88. The van der Waals surface area contributed by atoms with Crippen LogP contribution in [0.5, 0.6) is 0 Å². The molecule has 4 rings (SSSR count). The van der Waals surface area contributed by atoms with Gasteiger partial charge in [0.15, 0.2) is 0 Å². The van der Waals surface area contributed by atoms with E-state index in [1.54, 1.807) is 24.3 Å². The number of para-hydroxylation sites is 1. The molecule has 0 fully saturated rings. The zero-order chi connectivity index (χ0) is 19.2. The fourth-order valence-corrected chi connectivity index (χ4v) is 3.86. The fraction of sp³-hybridized carbons (Fsp3) is 0.182. The highest BCUT2D eigenvalue weighted by molar-refractivity contribution is 6.17. The van der Waals surface area contributed by atoms with Crippen LogP contribution in [0.25, 0.3) is 16.5 Å². The van der Waals surface area contributed by atoms with Crippen molar-refractivity contribution in [2.45, 2.75) is 19.3 Å². The SMILES string of the molecule is CC1(C)CN(C(=O)c2ccccc2)C=C(C(=O)O)c2[nH]c3ccccc3c21. The van der Waals surface area contributed by atoms with E-state index in [0.717, 1.165) is 16.5 Å². The predicted octanol–water partition coefficient (Wildman–Crippen LogP) is 4.03. The van der Waals surface area contributed by atoms with E-state index >= 15 is 0 Å². The lowest BCUT2D eigenvalue weighted by atomic mass is 9.81. The molecule has 136 valence electrons. The Morgan fingerprint density at radius 2 is 1.70 bits per heavy atom. The average molecular weight is 360 g/mol. The molecular weight excluding hydrogens is 340 g/mol. The summed E-state index contributed by atoms with van der Waals surface area (Å²) in [4.78, 5) is 29.8. The molecule has 0 aliphatic carbocycles. The van der Waals surface area contributed by atoms with Crippen LogP contribution in [-0.4, -0.2) is 33.4 Å². The number of aromatic amines is 1. The van der Waals surface area contributed by atoms with Crippen molar-refractivity contribution in [3.05, 3.63) is 77.6 Å². The molecule has 2 N–H and O–H groups in total. The Bertz CT molecular complexity index is 1080. The number of nitrogens with zero attached hydrogens (tertiary/aromatic N) is 1. The van der Waals surface area contributed by atoms with Crippen LogP contribution < -0.4 is 0 Å². The average Bonchev–Trinajstić information content (AvgIpc) is 2.99. The van der Waals surface area contributed by atoms with Gasteiger partial charge in [-0.1, -0.05) is 50.2 Å². The van der Waals surface area contributed by atoms with Gasteiger partial charge in [0.1, 0.15) is 0 Å². The van der Waals surface area contributed by atoms with Crippen LogP contribution >= 0.6 is 0 Å². The molecule has 0 saturated carbocycles. The molecule has 0 atom stereocenters. The zero-order valence-corrected chi connectivity index (χ0v) is 15.2. The molecule has 2 heterocycles. The first-order valence-corrected chi connectivity index (χ1v) is 8.81. The second-order valence-corrected chi connectivity index (χ2v) is 7.45. The van der Waals surface area contributed by atoms with E-state index < -0.39 is 11.4 Å². The maximum absolute atomic E-state index is 13.0. The highest BCUT2D eigenvalue weighted by atomic mass is 16.4. The van der Waals surface area contributed by atoms with Gasteiger partial charge in [0.05, 0.1) is 11.3 Å². The van der Waals surface area contributed by atoms with Gasteiger partial charge in [-0.25, -0.2) is 4.79 Å². The monoisotopic (exact) mass is 360 g/mol. The maximum Gasteiger partial charge on any atom is 0.339 e. The minimum atomic E-state index is -1.06. The van der Waals surface area contributed by atoms with Gasteiger partial charge in [0, 0.05) is 34.6 Å². The molecule has 0 bridgehead atoms. The molecule has 3 aromatic rings. The lowest BCUT2D eigenvalue weighted by Gasteiger charge is -2.29. The Morgan fingerprint density at radius 3 is 2.41 bits per heavy atom. The summed E-state index contributed by atoms with van der Waals surface area (Å²) in [6.07, 6.45) is 1.46. The number of aliphatic carboxylic acids is 1. The number of aromatic nitrogens is 1. The normalized spacial score (nSPS) is 15.8. The van der Waals surface area contributed by atoms with Crippen LogP contribution in [0.2, 0.25) is 0 Å². The zero-order valence-electron chi connectivity index (χ0n) is 15.2. The number of benzene rings is 2. The van der Waals surface area contributed by atoms with Crippen molar-refractivity contribution in [2.75, 3.05) is 6.54 Å². The number of rotatable bonds is 2. The second-order valence-electron chi connectivity index (χ2n) is 7.45.